The molecule has 3 heterocycles. The molecule has 8 nitrogen and oxygen atoms in total. The highest BCUT2D eigenvalue weighted by Gasteiger charge is 2.47. The number of aromatic nitrogens is 1. The molecule has 0 saturated carbocycles. The fourth-order valence-electron chi connectivity index (χ4n) is 5.84. The second kappa shape index (κ2) is 11.3. The molecule has 1 spiro atoms. The molecule has 0 aliphatic carbocycles. The van der Waals surface area contributed by atoms with Crippen LogP contribution in [0.5, 0.6) is 5.88 Å². The molecule has 5 rings (SSSR count). The molecule has 214 valence electrons. The molecule has 0 atom stereocenters. The number of fused-ring (bicyclic) bond motifs is 2. The predicted octanol–water partition coefficient (Wildman–Crippen LogP) is 5.06. The van der Waals surface area contributed by atoms with Crippen LogP contribution in [-0.4, -0.2) is 50.3 Å². The lowest BCUT2D eigenvalue weighted by molar-refractivity contribution is -0.137. The van der Waals surface area contributed by atoms with E-state index in [0.29, 0.717) is 63.7 Å². The van der Waals surface area contributed by atoms with Crippen LogP contribution in [0.25, 0.3) is 11.1 Å². The van der Waals surface area contributed by atoms with Crippen LogP contribution in [0, 0.1) is 11.3 Å². The average Bonchev–Trinajstić information content (AvgIpc) is 3.29. The summed E-state index contributed by atoms with van der Waals surface area (Å²) in [7, 11) is 0. The van der Waals surface area contributed by atoms with Gasteiger partial charge in [-0.25, -0.2) is 9.78 Å². The smallest absolute Gasteiger partial charge is 0.416 e. The van der Waals surface area contributed by atoms with Gasteiger partial charge in [0.1, 0.15) is 6.07 Å². The molecule has 41 heavy (non-hydrogen) atoms. The minimum atomic E-state index is -4.52. The highest BCUT2D eigenvalue weighted by Crippen LogP contribution is 2.49. The van der Waals surface area contributed by atoms with Gasteiger partial charge in [0.2, 0.25) is 5.88 Å². The first-order chi connectivity index (χ1) is 19.7. The third-order valence-corrected chi connectivity index (χ3v) is 7.86. The number of carbonyl (C=O) groups excluding carboxylic acids is 1. The van der Waals surface area contributed by atoms with E-state index < -0.39 is 11.7 Å². The zero-order chi connectivity index (χ0) is 29.2. The molecule has 2 aromatic carbocycles. The number of nitriles is 1. The van der Waals surface area contributed by atoms with Crippen molar-refractivity contribution in [1.82, 2.24) is 10.3 Å². The van der Waals surface area contributed by atoms with Crippen molar-refractivity contribution in [3.05, 3.63) is 71.4 Å². The molecule has 11 heteroatoms. The van der Waals surface area contributed by atoms with Crippen molar-refractivity contribution in [3.8, 4) is 23.1 Å². The SMILES string of the molecule is CCOc1ncccc1-c1ccc2c(c1)N(C(=O)NCCN)CC21CCN(c2ccc(C(F)(F)F)cc2C#N)CC1. The van der Waals surface area contributed by atoms with Crippen LogP contribution in [0.1, 0.15) is 36.5 Å². The van der Waals surface area contributed by atoms with Crippen LogP contribution in [0.4, 0.5) is 29.3 Å². The van der Waals surface area contributed by atoms with Gasteiger partial charge in [-0.1, -0.05) is 12.1 Å². The van der Waals surface area contributed by atoms with Crippen LogP contribution in [0.3, 0.4) is 0 Å². The number of ether oxygens (including phenoxy) is 1. The average molecular weight is 565 g/mol. The van der Waals surface area contributed by atoms with Gasteiger partial charge in [0.25, 0.3) is 0 Å². The molecule has 0 radical (unpaired) electrons. The third-order valence-electron chi connectivity index (χ3n) is 7.86. The standard InChI is InChI=1S/C30H31F3N6O2/c1-2-41-27-23(4-3-12-36-27)20-5-7-24-26(17-20)39(28(40)37-13-11-34)19-29(24)9-14-38(15-10-29)25-8-6-22(30(31,32)33)16-21(25)18-35/h3-8,12,16-17H,2,9-11,13-15,19,34H2,1H3,(H,37,40). The van der Waals surface area contributed by atoms with Crippen molar-refractivity contribution in [2.45, 2.75) is 31.4 Å². The van der Waals surface area contributed by atoms with Gasteiger partial charge in [0.15, 0.2) is 0 Å². The number of anilines is 2. The third kappa shape index (κ3) is 5.39. The Bertz CT molecular complexity index is 1480. The van der Waals surface area contributed by atoms with E-state index in [1.807, 2.05) is 42.2 Å². The van der Waals surface area contributed by atoms with Gasteiger partial charge < -0.3 is 20.7 Å². The van der Waals surface area contributed by atoms with E-state index >= 15 is 0 Å². The number of alkyl halides is 3. The van der Waals surface area contributed by atoms with E-state index in [4.69, 9.17) is 10.5 Å². The van der Waals surface area contributed by atoms with Crippen molar-refractivity contribution < 1.29 is 22.7 Å². The number of benzene rings is 2. The summed E-state index contributed by atoms with van der Waals surface area (Å²) in [4.78, 5) is 21.4. The Labute approximate surface area is 236 Å². The van der Waals surface area contributed by atoms with Crippen LogP contribution >= 0.6 is 0 Å². The molecule has 1 fully saturated rings. The summed E-state index contributed by atoms with van der Waals surface area (Å²) in [6.45, 7) is 4.52. The maximum atomic E-state index is 13.3. The number of halogens is 3. The Morgan fingerprint density at radius 3 is 2.63 bits per heavy atom. The lowest BCUT2D eigenvalue weighted by atomic mass is 9.74. The number of nitrogens with two attached hydrogens (primary N) is 1. The molecule has 2 aliphatic heterocycles. The zero-order valence-electron chi connectivity index (χ0n) is 22.7. The molecule has 3 aromatic rings. The van der Waals surface area contributed by atoms with Crippen LogP contribution < -0.4 is 25.6 Å². The van der Waals surface area contributed by atoms with Gasteiger partial charge in [0.05, 0.1) is 23.4 Å². The topological polar surface area (TPSA) is 108 Å². The number of carbonyl (C=O) groups is 1. The van der Waals surface area contributed by atoms with Crippen molar-refractivity contribution in [2.24, 2.45) is 5.73 Å². The first kappa shape index (κ1) is 28.2. The highest BCUT2D eigenvalue weighted by atomic mass is 19.4. The second-order valence-electron chi connectivity index (χ2n) is 10.2. The van der Waals surface area contributed by atoms with Gasteiger partial charge in [-0.15, -0.1) is 0 Å². The summed E-state index contributed by atoms with van der Waals surface area (Å²) in [5, 5.41) is 12.5. The van der Waals surface area contributed by atoms with Crippen molar-refractivity contribution >= 4 is 17.4 Å². The van der Waals surface area contributed by atoms with E-state index in [-0.39, 0.29) is 17.0 Å². The Morgan fingerprint density at radius 1 is 1.17 bits per heavy atom. The first-order valence-corrected chi connectivity index (χ1v) is 13.5. The van der Waals surface area contributed by atoms with Gasteiger partial charge in [-0.3, -0.25) is 4.90 Å². The number of hydrogen-bond acceptors (Lipinski definition) is 6. The molecule has 0 bridgehead atoms. The quantitative estimate of drug-likeness (QED) is 0.433. The lowest BCUT2D eigenvalue weighted by Gasteiger charge is -2.41. The van der Waals surface area contributed by atoms with Crippen LogP contribution in [0.2, 0.25) is 0 Å². The van der Waals surface area contributed by atoms with E-state index in [0.717, 1.165) is 34.5 Å². The van der Waals surface area contributed by atoms with Crippen molar-refractivity contribution in [1.29, 1.82) is 5.26 Å². The summed E-state index contributed by atoms with van der Waals surface area (Å²) < 4.78 is 45.4. The van der Waals surface area contributed by atoms with Gasteiger partial charge in [0, 0.05) is 55.6 Å². The molecular weight excluding hydrogens is 533 g/mol. The Kier molecular flexibility index (Phi) is 7.78. The molecular formula is C30H31F3N6O2. The molecule has 2 aliphatic rings. The molecule has 3 N–H and O–H groups in total. The number of pyridine rings is 1. The number of piperidine rings is 1. The fraction of sp³-hybridized carbons (Fsp3) is 0.367. The molecule has 2 amide bonds. The number of urea groups is 1. The minimum absolute atomic E-state index is 0.00315. The normalized spacial score (nSPS) is 15.9. The van der Waals surface area contributed by atoms with Crippen molar-refractivity contribution in [3.63, 3.8) is 0 Å². The van der Waals surface area contributed by atoms with E-state index in [9.17, 15) is 23.2 Å². The Balaban J connectivity index is 1.47. The van der Waals surface area contributed by atoms with Gasteiger partial charge in [-0.05, 0) is 67.3 Å². The number of nitrogens with zero attached hydrogens (tertiary/aromatic N) is 4. The Hall–Kier alpha value is -4.30. The fourth-order valence-corrected chi connectivity index (χ4v) is 5.84. The minimum Gasteiger partial charge on any atom is -0.478 e. The zero-order valence-corrected chi connectivity index (χ0v) is 22.7. The van der Waals surface area contributed by atoms with E-state index in [2.05, 4.69) is 16.4 Å². The largest absolute Gasteiger partial charge is 0.478 e. The van der Waals surface area contributed by atoms with Crippen LogP contribution in [-0.2, 0) is 11.6 Å². The number of hydrogen-bond donors (Lipinski definition) is 2. The molecule has 0 unspecified atom stereocenters. The molecule has 1 saturated heterocycles. The van der Waals surface area contributed by atoms with E-state index in [1.165, 1.54) is 6.07 Å². The molecule has 1 aromatic heterocycles. The van der Waals surface area contributed by atoms with Gasteiger partial charge >= 0.3 is 12.2 Å². The number of amides is 2. The van der Waals surface area contributed by atoms with Crippen molar-refractivity contribution in [2.75, 3.05) is 49.1 Å². The summed E-state index contributed by atoms with van der Waals surface area (Å²) >= 11 is 0. The summed E-state index contributed by atoms with van der Waals surface area (Å²) in [5.41, 5.74) is 8.46. The maximum Gasteiger partial charge on any atom is 0.416 e. The summed E-state index contributed by atoms with van der Waals surface area (Å²) in [6, 6.07) is 14.8. The maximum absolute atomic E-state index is 13.3. The predicted molar refractivity (Wildman–Crippen MR) is 150 cm³/mol. The number of nitrogens with one attached hydrogen (secondary N) is 1. The second-order valence-corrected chi connectivity index (χ2v) is 10.2. The first-order valence-electron chi connectivity index (χ1n) is 13.5. The lowest BCUT2D eigenvalue weighted by Crippen LogP contribution is -2.48. The Morgan fingerprint density at radius 2 is 1.95 bits per heavy atom. The van der Waals surface area contributed by atoms with E-state index in [1.54, 1.807) is 11.1 Å². The van der Waals surface area contributed by atoms with Crippen LogP contribution in [0.15, 0.2) is 54.7 Å². The summed E-state index contributed by atoms with van der Waals surface area (Å²) in [6.07, 6.45) is -1.53. The van der Waals surface area contributed by atoms with Gasteiger partial charge in [-0.2, -0.15) is 18.4 Å². The highest BCUT2D eigenvalue weighted by molar-refractivity contribution is 5.96. The monoisotopic (exact) mass is 564 g/mol. The number of rotatable bonds is 6. The summed E-state index contributed by atoms with van der Waals surface area (Å²) in [5.74, 6) is 0.514.